The fourth-order valence-electron chi connectivity index (χ4n) is 3.61. The zero-order valence-corrected chi connectivity index (χ0v) is 15.9. The first kappa shape index (κ1) is 18.5. The maximum Gasteiger partial charge on any atom is 0.263 e. The summed E-state index contributed by atoms with van der Waals surface area (Å²) in [7, 11) is 0. The summed E-state index contributed by atoms with van der Waals surface area (Å²) in [5.41, 5.74) is 3.96. The number of rotatable bonds is 7. The number of benzene rings is 2. The molecular weight excluding hydrogens is 322 g/mol. The molecule has 1 aliphatic rings. The van der Waals surface area contributed by atoms with E-state index in [2.05, 4.69) is 24.3 Å². The van der Waals surface area contributed by atoms with Crippen LogP contribution in [0, 0.1) is 0 Å². The van der Waals surface area contributed by atoms with Crippen molar-refractivity contribution < 1.29 is 9.53 Å². The van der Waals surface area contributed by atoms with Gasteiger partial charge >= 0.3 is 0 Å². The highest BCUT2D eigenvalue weighted by atomic mass is 16.5. The maximum absolute atomic E-state index is 13.0. The highest BCUT2D eigenvalue weighted by molar-refractivity contribution is 5.81. The molecule has 0 bridgehead atoms. The highest BCUT2D eigenvalue weighted by Crippen LogP contribution is 2.26. The van der Waals surface area contributed by atoms with Gasteiger partial charge in [-0.2, -0.15) is 0 Å². The van der Waals surface area contributed by atoms with Gasteiger partial charge in [-0.25, -0.2) is 0 Å². The first-order valence-corrected chi connectivity index (χ1v) is 9.82. The van der Waals surface area contributed by atoms with Gasteiger partial charge in [0.15, 0.2) is 6.10 Å². The number of hydrogen-bond donors (Lipinski definition) is 0. The zero-order valence-electron chi connectivity index (χ0n) is 15.9. The fourth-order valence-corrected chi connectivity index (χ4v) is 3.61. The number of ether oxygens (including phenoxy) is 1. The molecule has 0 N–H and O–H groups in total. The first-order chi connectivity index (χ1) is 12.7. The van der Waals surface area contributed by atoms with Gasteiger partial charge in [0, 0.05) is 13.1 Å². The summed E-state index contributed by atoms with van der Waals surface area (Å²) in [6.45, 7) is 5.34. The van der Waals surface area contributed by atoms with E-state index < -0.39 is 6.10 Å². The molecule has 0 spiro atoms. The number of hydrogen-bond acceptors (Lipinski definition) is 2. The summed E-state index contributed by atoms with van der Waals surface area (Å²) in [6.07, 6.45) is 5.03. The molecule has 138 valence electrons. The zero-order chi connectivity index (χ0) is 18.4. The van der Waals surface area contributed by atoms with Crippen molar-refractivity contribution in [1.29, 1.82) is 0 Å². The second-order valence-corrected chi connectivity index (χ2v) is 6.99. The lowest BCUT2D eigenvalue weighted by atomic mass is 9.92. The van der Waals surface area contributed by atoms with Crippen LogP contribution in [0.1, 0.15) is 49.8 Å². The van der Waals surface area contributed by atoms with E-state index in [1.54, 1.807) is 0 Å². The van der Waals surface area contributed by atoms with Crippen molar-refractivity contribution in [2.45, 2.75) is 58.6 Å². The second kappa shape index (κ2) is 8.88. The van der Waals surface area contributed by atoms with Gasteiger partial charge in [0.1, 0.15) is 5.75 Å². The molecular formula is C23H29NO2. The van der Waals surface area contributed by atoms with Gasteiger partial charge in [-0.15, -0.1) is 0 Å². The normalized spacial score (nSPS) is 14.4. The van der Waals surface area contributed by atoms with E-state index in [0.717, 1.165) is 24.2 Å². The molecule has 2 aromatic carbocycles. The van der Waals surface area contributed by atoms with Crippen molar-refractivity contribution >= 4 is 5.91 Å². The Morgan fingerprint density at radius 3 is 2.46 bits per heavy atom. The molecule has 1 unspecified atom stereocenters. The number of aryl methyl sites for hydroxylation is 2. The summed E-state index contributed by atoms with van der Waals surface area (Å²) < 4.78 is 6.12. The fraction of sp³-hybridized carbons (Fsp3) is 0.435. The van der Waals surface area contributed by atoms with E-state index in [-0.39, 0.29) is 5.91 Å². The number of likely N-dealkylation sites (N-methyl/N-ethyl adjacent to an activating group) is 1. The Bertz CT molecular complexity index is 726. The number of carbonyl (C=O) groups is 1. The highest BCUT2D eigenvalue weighted by Gasteiger charge is 2.24. The minimum atomic E-state index is -0.430. The van der Waals surface area contributed by atoms with E-state index in [1.807, 2.05) is 43.0 Å². The van der Waals surface area contributed by atoms with Crippen LogP contribution in [-0.4, -0.2) is 23.5 Å². The number of amides is 1. The third-order valence-electron chi connectivity index (χ3n) is 5.15. The predicted octanol–water partition coefficient (Wildman–Crippen LogP) is 4.77. The van der Waals surface area contributed by atoms with E-state index in [1.165, 1.54) is 24.0 Å². The molecule has 3 rings (SSSR count). The molecule has 0 heterocycles. The molecule has 2 aromatic rings. The van der Waals surface area contributed by atoms with E-state index in [9.17, 15) is 4.79 Å². The molecule has 1 amide bonds. The molecule has 0 fully saturated rings. The van der Waals surface area contributed by atoms with Gasteiger partial charge < -0.3 is 9.64 Å². The number of fused-ring (bicyclic) bond motifs is 1. The molecule has 3 nitrogen and oxygen atoms in total. The Labute approximate surface area is 157 Å². The van der Waals surface area contributed by atoms with E-state index in [0.29, 0.717) is 19.5 Å². The predicted molar refractivity (Wildman–Crippen MR) is 105 cm³/mol. The lowest BCUT2D eigenvalue weighted by Gasteiger charge is -2.27. The maximum atomic E-state index is 13.0. The van der Waals surface area contributed by atoms with E-state index >= 15 is 0 Å². The van der Waals surface area contributed by atoms with Crippen molar-refractivity contribution in [3.63, 3.8) is 0 Å². The minimum Gasteiger partial charge on any atom is -0.481 e. The molecule has 0 radical (unpaired) electrons. The summed E-state index contributed by atoms with van der Waals surface area (Å²) >= 11 is 0. The Balaban J connectivity index is 1.69. The molecule has 1 aliphatic carbocycles. The topological polar surface area (TPSA) is 29.5 Å². The van der Waals surface area contributed by atoms with Crippen LogP contribution in [0.2, 0.25) is 0 Å². The van der Waals surface area contributed by atoms with Crippen LogP contribution in [0.3, 0.4) is 0 Å². The Morgan fingerprint density at radius 1 is 1.04 bits per heavy atom. The van der Waals surface area contributed by atoms with Crippen LogP contribution in [0.25, 0.3) is 0 Å². The number of nitrogens with zero attached hydrogens (tertiary/aromatic N) is 1. The first-order valence-electron chi connectivity index (χ1n) is 9.82. The number of carbonyl (C=O) groups excluding carboxylic acids is 1. The summed E-state index contributed by atoms with van der Waals surface area (Å²) in [6, 6.07) is 16.5. The van der Waals surface area contributed by atoms with Crippen LogP contribution in [0.4, 0.5) is 0 Å². The Kier molecular flexibility index (Phi) is 6.32. The van der Waals surface area contributed by atoms with Gasteiger partial charge in [0.05, 0.1) is 0 Å². The van der Waals surface area contributed by atoms with Crippen molar-refractivity contribution in [1.82, 2.24) is 4.90 Å². The molecule has 0 aliphatic heterocycles. The average Bonchev–Trinajstić information content (AvgIpc) is 2.70. The standard InChI is InChI=1S/C23H29NO2/c1-3-22(23(25)24(4-2)17-18-10-6-5-7-11-18)26-21-15-14-19-12-8-9-13-20(19)16-21/h5-7,10-11,14-16,22H,3-4,8-9,12-13,17H2,1-2H3. The van der Waals surface area contributed by atoms with Crippen molar-refractivity contribution in [3.05, 3.63) is 65.2 Å². The van der Waals surface area contributed by atoms with Gasteiger partial charge in [0.2, 0.25) is 0 Å². The lowest BCUT2D eigenvalue weighted by Crippen LogP contribution is -2.41. The van der Waals surface area contributed by atoms with Gasteiger partial charge in [0.25, 0.3) is 5.91 Å². The largest absolute Gasteiger partial charge is 0.481 e. The summed E-state index contributed by atoms with van der Waals surface area (Å²) in [5.74, 6) is 0.887. The monoisotopic (exact) mass is 351 g/mol. The minimum absolute atomic E-state index is 0.0663. The second-order valence-electron chi connectivity index (χ2n) is 6.99. The lowest BCUT2D eigenvalue weighted by molar-refractivity contribution is -0.139. The van der Waals surface area contributed by atoms with Gasteiger partial charge in [-0.05, 0) is 67.9 Å². The Hall–Kier alpha value is -2.29. The molecule has 3 heteroatoms. The molecule has 0 saturated heterocycles. The van der Waals surface area contributed by atoms with Crippen LogP contribution in [0.5, 0.6) is 5.75 Å². The van der Waals surface area contributed by atoms with Crippen LogP contribution < -0.4 is 4.74 Å². The van der Waals surface area contributed by atoms with Crippen molar-refractivity contribution in [2.75, 3.05) is 6.54 Å². The Morgan fingerprint density at radius 2 is 1.77 bits per heavy atom. The summed E-state index contributed by atoms with van der Waals surface area (Å²) in [4.78, 5) is 14.9. The van der Waals surface area contributed by atoms with Gasteiger partial charge in [-0.1, -0.05) is 43.3 Å². The van der Waals surface area contributed by atoms with Crippen LogP contribution in [0.15, 0.2) is 48.5 Å². The van der Waals surface area contributed by atoms with Crippen molar-refractivity contribution in [3.8, 4) is 5.75 Å². The SMILES string of the molecule is CCC(Oc1ccc2c(c1)CCCC2)C(=O)N(CC)Cc1ccccc1. The van der Waals surface area contributed by atoms with E-state index in [4.69, 9.17) is 4.74 Å². The third-order valence-corrected chi connectivity index (χ3v) is 5.15. The molecule has 1 atom stereocenters. The van der Waals surface area contributed by atoms with Crippen LogP contribution >= 0.6 is 0 Å². The quantitative estimate of drug-likeness (QED) is 0.719. The molecule has 0 saturated carbocycles. The average molecular weight is 351 g/mol. The summed E-state index contributed by atoms with van der Waals surface area (Å²) in [5, 5.41) is 0. The third kappa shape index (κ3) is 4.46. The van der Waals surface area contributed by atoms with Crippen LogP contribution in [-0.2, 0) is 24.2 Å². The van der Waals surface area contributed by atoms with Gasteiger partial charge in [-0.3, -0.25) is 4.79 Å². The smallest absolute Gasteiger partial charge is 0.263 e. The van der Waals surface area contributed by atoms with Crippen molar-refractivity contribution in [2.24, 2.45) is 0 Å². The molecule has 0 aromatic heterocycles. The molecule has 26 heavy (non-hydrogen) atoms.